The fourth-order valence-electron chi connectivity index (χ4n) is 3.52. The molecule has 0 saturated heterocycles. The van der Waals surface area contributed by atoms with E-state index in [1.165, 1.54) is 24.3 Å². The number of aryl methyl sites for hydroxylation is 2. The fraction of sp³-hybridized carbons (Fsp3) is 0.400. The molecule has 0 aromatic heterocycles. The molecule has 152 valence electrons. The van der Waals surface area contributed by atoms with Crippen molar-refractivity contribution >= 4 is 20.0 Å². The Hall–Kier alpha value is -1.74. The Labute approximate surface area is 167 Å². The van der Waals surface area contributed by atoms with E-state index < -0.39 is 32.1 Å². The summed E-state index contributed by atoms with van der Waals surface area (Å²) in [6, 6.07) is 11.1. The third kappa shape index (κ3) is 4.00. The van der Waals surface area contributed by atoms with Gasteiger partial charge in [-0.3, -0.25) is 0 Å². The fourth-order valence-corrected chi connectivity index (χ4v) is 7.68. The summed E-state index contributed by atoms with van der Waals surface area (Å²) in [5, 5.41) is 0. The minimum atomic E-state index is -4.30. The van der Waals surface area contributed by atoms with Gasteiger partial charge in [0.1, 0.15) is 0 Å². The minimum Gasteiger partial charge on any atom is -0.326 e. The lowest BCUT2D eigenvalue weighted by molar-refractivity contribution is 0.290. The van der Waals surface area contributed by atoms with E-state index >= 15 is 0 Å². The summed E-state index contributed by atoms with van der Waals surface area (Å²) in [6.07, 6.45) is 2.60. The molecule has 1 fully saturated rings. The van der Waals surface area contributed by atoms with Crippen LogP contribution in [0.25, 0.3) is 0 Å². The molecule has 1 saturated carbocycles. The minimum absolute atomic E-state index is 0.0495. The molecule has 28 heavy (non-hydrogen) atoms. The first-order valence-corrected chi connectivity index (χ1v) is 12.2. The van der Waals surface area contributed by atoms with Crippen molar-refractivity contribution in [2.24, 2.45) is 5.73 Å². The average molecular weight is 423 g/mol. The van der Waals surface area contributed by atoms with Gasteiger partial charge in [-0.15, -0.1) is 0 Å². The number of nitrogens with two attached hydrogens (primary N) is 1. The number of hydrogen-bond acceptors (Lipinski definition) is 5. The van der Waals surface area contributed by atoms with Crippen LogP contribution < -0.4 is 5.73 Å². The van der Waals surface area contributed by atoms with Crippen LogP contribution in [0.1, 0.15) is 36.8 Å². The summed E-state index contributed by atoms with van der Waals surface area (Å²) in [4.78, 5) is -0.0990. The Bertz CT molecular complexity index is 955. The van der Waals surface area contributed by atoms with Crippen LogP contribution in [-0.4, -0.2) is 32.6 Å². The molecular weight excluding hydrogens is 396 g/mol. The first kappa shape index (κ1) is 21.0. The van der Waals surface area contributed by atoms with Crippen LogP contribution in [0.15, 0.2) is 58.3 Å². The van der Waals surface area contributed by atoms with Crippen molar-refractivity contribution < 1.29 is 16.8 Å². The highest BCUT2D eigenvalue weighted by atomic mass is 32.3. The maximum Gasteiger partial charge on any atom is 0.256 e. The van der Waals surface area contributed by atoms with Gasteiger partial charge in [-0.25, -0.2) is 16.8 Å². The molecule has 2 N–H and O–H groups in total. The number of rotatable bonds is 5. The van der Waals surface area contributed by atoms with Gasteiger partial charge in [0.15, 0.2) is 0 Å². The molecule has 2 aromatic rings. The lowest BCUT2D eigenvalue weighted by Crippen LogP contribution is -2.54. The third-order valence-corrected chi connectivity index (χ3v) is 9.57. The maximum atomic E-state index is 13.5. The first-order valence-electron chi connectivity index (χ1n) is 9.32. The Kier molecular flexibility index (Phi) is 5.95. The molecular formula is C20H26N2O4S2. The molecule has 2 atom stereocenters. The monoisotopic (exact) mass is 422 g/mol. The smallest absolute Gasteiger partial charge is 0.256 e. The number of hydrogen-bond donors (Lipinski definition) is 1. The maximum absolute atomic E-state index is 13.5. The molecule has 0 unspecified atom stereocenters. The molecule has 0 aliphatic heterocycles. The molecule has 0 bridgehead atoms. The molecule has 0 amide bonds. The Morgan fingerprint density at radius 1 is 0.750 bits per heavy atom. The van der Waals surface area contributed by atoms with Crippen LogP contribution >= 0.6 is 0 Å². The van der Waals surface area contributed by atoms with Crippen LogP contribution in [-0.2, 0) is 20.0 Å². The largest absolute Gasteiger partial charge is 0.326 e. The number of nitrogens with zero attached hydrogens (tertiary/aromatic N) is 1. The molecule has 0 heterocycles. The number of sulfonamides is 2. The topological polar surface area (TPSA) is 97.5 Å². The zero-order valence-electron chi connectivity index (χ0n) is 16.1. The summed E-state index contributed by atoms with van der Waals surface area (Å²) in [7, 11) is -8.60. The second-order valence-electron chi connectivity index (χ2n) is 7.38. The molecule has 2 aromatic carbocycles. The van der Waals surface area contributed by atoms with E-state index in [9.17, 15) is 16.8 Å². The highest BCUT2D eigenvalue weighted by Gasteiger charge is 2.44. The SMILES string of the molecule is Cc1ccc(S(=O)(=O)N([C@@H]2CCCC[C@H]2N)S(=O)(=O)c2ccc(C)cc2)cc1. The predicted molar refractivity (Wildman–Crippen MR) is 109 cm³/mol. The summed E-state index contributed by atoms with van der Waals surface area (Å²) >= 11 is 0. The van der Waals surface area contributed by atoms with Gasteiger partial charge in [-0.05, 0) is 51.0 Å². The van der Waals surface area contributed by atoms with Crippen LogP contribution in [0.3, 0.4) is 0 Å². The van der Waals surface area contributed by atoms with Crippen LogP contribution in [0.5, 0.6) is 0 Å². The molecule has 0 radical (unpaired) electrons. The molecule has 6 nitrogen and oxygen atoms in total. The first-order chi connectivity index (χ1) is 13.1. The van der Waals surface area contributed by atoms with Crippen molar-refractivity contribution in [3.63, 3.8) is 0 Å². The molecule has 3 rings (SSSR count). The van der Waals surface area contributed by atoms with E-state index in [-0.39, 0.29) is 9.79 Å². The highest BCUT2D eigenvalue weighted by molar-refractivity contribution is 8.04. The van der Waals surface area contributed by atoms with Crippen molar-refractivity contribution in [2.45, 2.75) is 61.4 Å². The van der Waals surface area contributed by atoms with Gasteiger partial charge >= 0.3 is 0 Å². The van der Waals surface area contributed by atoms with E-state index in [1.807, 2.05) is 13.8 Å². The van der Waals surface area contributed by atoms with E-state index in [1.54, 1.807) is 24.3 Å². The summed E-state index contributed by atoms with van der Waals surface area (Å²) in [5.74, 6) is 0. The van der Waals surface area contributed by atoms with E-state index in [4.69, 9.17) is 5.73 Å². The molecule has 0 spiro atoms. The van der Waals surface area contributed by atoms with Crippen molar-refractivity contribution in [3.8, 4) is 0 Å². The van der Waals surface area contributed by atoms with E-state index in [0.29, 0.717) is 16.6 Å². The van der Waals surface area contributed by atoms with Crippen molar-refractivity contribution in [2.75, 3.05) is 0 Å². The molecule has 8 heteroatoms. The van der Waals surface area contributed by atoms with Crippen molar-refractivity contribution in [1.29, 1.82) is 0 Å². The van der Waals surface area contributed by atoms with E-state index in [0.717, 1.165) is 24.0 Å². The molecule has 1 aliphatic rings. The quantitative estimate of drug-likeness (QED) is 0.799. The van der Waals surface area contributed by atoms with Crippen molar-refractivity contribution in [3.05, 3.63) is 59.7 Å². The second kappa shape index (κ2) is 7.94. The van der Waals surface area contributed by atoms with Gasteiger partial charge in [0.25, 0.3) is 20.0 Å². The van der Waals surface area contributed by atoms with Gasteiger partial charge < -0.3 is 5.73 Å². The lowest BCUT2D eigenvalue weighted by Gasteiger charge is -2.36. The molecule has 1 aliphatic carbocycles. The van der Waals surface area contributed by atoms with E-state index in [2.05, 4.69) is 0 Å². The Morgan fingerprint density at radius 2 is 1.14 bits per heavy atom. The second-order valence-corrected chi connectivity index (χ2v) is 11.2. The normalized spacial score (nSPS) is 21.0. The van der Waals surface area contributed by atoms with Crippen LogP contribution in [0.4, 0.5) is 0 Å². The zero-order valence-corrected chi connectivity index (χ0v) is 17.7. The van der Waals surface area contributed by atoms with Gasteiger partial charge in [-0.1, -0.05) is 51.9 Å². The summed E-state index contributed by atoms with van der Waals surface area (Å²) in [5.41, 5.74) is 7.99. The van der Waals surface area contributed by atoms with Gasteiger partial charge in [-0.2, -0.15) is 0 Å². The zero-order chi connectivity index (χ0) is 20.5. The van der Waals surface area contributed by atoms with Crippen LogP contribution in [0, 0.1) is 13.8 Å². The predicted octanol–water partition coefficient (Wildman–Crippen LogP) is 2.95. The van der Waals surface area contributed by atoms with Crippen LogP contribution in [0.2, 0.25) is 0 Å². The summed E-state index contributed by atoms with van der Waals surface area (Å²) < 4.78 is 54.5. The Balaban J connectivity index is 2.17. The highest BCUT2D eigenvalue weighted by Crippen LogP contribution is 2.33. The Morgan fingerprint density at radius 3 is 1.54 bits per heavy atom. The lowest BCUT2D eigenvalue weighted by atomic mass is 9.92. The third-order valence-electron chi connectivity index (χ3n) is 5.16. The summed E-state index contributed by atoms with van der Waals surface area (Å²) in [6.45, 7) is 3.68. The standard InChI is InChI=1S/C20H26N2O4S2/c1-15-7-11-17(12-8-15)27(23,24)22(20-6-4-3-5-19(20)21)28(25,26)18-13-9-16(2)10-14-18/h7-14,19-20H,3-6,21H2,1-2H3/t19-,20-/m1/s1. The van der Waals surface area contributed by atoms with Gasteiger partial charge in [0, 0.05) is 6.04 Å². The van der Waals surface area contributed by atoms with Gasteiger partial charge in [0.2, 0.25) is 0 Å². The number of benzene rings is 2. The van der Waals surface area contributed by atoms with Gasteiger partial charge in [0.05, 0.1) is 15.8 Å². The average Bonchev–Trinajstić information content (AvgIpc) is 2.64. The van der Waals surface area contributed by atoms with Crippen molar-refractivity contribution in [1.82, 2.24) is 3.71 Å².